The van der Waals surface area contributed by atoms with Gasteiger partial charge in [0.2, 0.25) is 17.7 Å². The monoisotopic (exact) mass is 942 g/mol. The van der Waals surface area contributed by atoms with E-state index in [1.54, 1.807) is 6.92 Å². The number of amides is 3. The Morgan fingerprint density at radius 3 is 1.50 bits per heavy atom. The Bertz CT molecular complexity index is 1360. The van der Waals surface area contributed by atoms with Crippen LogP contribution in [0.5, 0.6) is 0 Å². The number of hydrogen-bond donors (Lipinski definition) is 5. The van der Waals surface area contributed by atoms with Crippen LogP contribution in [-0.2, 0) is 57.3 Å². The number of hydrogen-bond acceptors (Lipinski definition) is 12. The van der Waals surface area contributed by atoms with Gasteiger partial charge in [0.25, 0.3) is 0 Å². The first kappa shape index (κ1) is 62.2. The highest BCUT2D eigenvalue weighted by Crippen LogP contribution is 2.19. The van der Waals surface area contributed by atoms with Crippen LogP contribution in [0.3, 0.4) is 0 Å². The summed E-state index contributed by atoms with van der Waals surface area (Å²) >= 11 is 0. The molecular formula is C49H87N3O14. The van der Waals surface area contributed by atoms with Gasteiger partial charge in [-0.25, -0.2) is 4.79 Å². The van der Waals surface area contributed by atoms with Crippen LogP contribution in [0.4, 0.5) is 0 Å². The fourth-order valence-corrected chi connectivity index (χ4v) is 7.23. The van der Waals surface area contributed by atoms with E-state index in [0.717, 1.165) is 89.9 Å². The van der Waals surface area contributed by atoms with Crippen molar-refractivity contribution in [1.82, 2.24) is 16.0 Å². The van der Waals surface area contributed by atoms with Gasteiger partial charge in [0, 0.05) is 57.7 Å². The summed E-state index contributed by atoms with van der Waals surface area (Å²) < 4.78 is 21.5. The normalized spacial score (nSPS) is 12.6. The smallest absolute Gasteiger partial charge is 0.326 e. The van der Waals surface area contributed by atoms with Crippen molar-refractivity contribution in [2.45, 2.75) is 181 Å². The molecule has 0 rings (SSSR count). The molecule has 0 radical (unpaired) electrons. The number of carboxylic acid groups (broad SMARTS) is 2. The summed E-state index contributed by atoms with van der Waals surface area (Å²) in [4.78, 5) is 95.1. The molecule has 0 aliphatic heterocycles. The Hall–Kier alpha value is -3.80. The van der Waals surface area contributed by atoms with Crippen molar-refractivity contribution in [1.29, 1.82) is 0 Å². The molecule has 0 spiro atoms. The molecule has 0 saturated heterocycles. The third-order valence-corrected chi connectivity index (χ3v) is 11.4. The highest BCUT2D eigenvalue weighted by Gasteiger charge is 2.24. The van der Waals surface area contributed by atoms with Crippen molar-refractivity contribution in [2.24, 2.45) is 17.8 Å². The maximum atomic E-state index is 12.4. The summed E-state index contributed by atoms with van der Waals surface area (Å²) in [6.07, 6.45) is 17.2. The summed E-state index contributed by atoms with van der Waals surface area (Å²) in [6.45, 7) is 9.44. The maximum absolute atomic E-state index is 12.4. The lowest BCUT2D eigenvalue weighted by atomic mass is 9.89. The molecule has 3 atom stereocenters. The molecule has 0 saturated carbocycles. The van der Waals surface area contributed by atoms with Gasteiger partial charge in [0.1, 0.15) is 36.6 Å². The molecule has 0 aliphatic carbocycles. The third-order valence-electron chi connectivity index (χ3n) is 11.4. The fraction of sp³-hybridized carbons (Fsp3) is 0.837. The van der Waals surface area contributed by atoms with Crippen LogP contribution in [0.2, 0.25) is 0 Å². The molecule has 0 aliphatic rings. The number of unbranched alkanes of at least 4 members (excludes halogenated alkanes) is 12. The van der Waals surface area contributed by atoms with Crippen molar-refractivity contribution in [2.75, 3.05) is 65.9 Å². The molecule has 0 bridgehead atoms. The number of aliphatic carboxylic acids is 2. The Balaban J connectivity index is 3.71. The van der Waals surface area contributed by atoms with E-state index in [0.29, 0.717) is 32.4 Å². The van der Waals surface area contributed by atoms with Gasteiger partial charge in [-0.1, -0.05) is 91.4 Å². The molecule has 3 amide bonds. The Morgan fingerprint density at radius 2 is 0.985 bits per heavy atom. The van der Waals surface area contributed by atoms with Crippen LogP contribution in [0, 0.1) is 17.8 Å². The van der Waals surface area contributed by atoms with Crippen molar-refractivity contribution in [3.63, 3.8) is 0 Å². The van der Waals surface area contributed by atoms with E-state index in [1.165, 1.54) is 6.42 Å². The van der Waals surface area contributed by atoms with Crippen LogP contribution in [0.15, 0.2) is 0 Å². The van der Waals surface area contributed by atoms with E-state index in [4.69, 9.17) is 18.9 Å². The molecule has 5 N–H and O–H groups in total. The van der Waals surface area contributed by atoms with Crippen LogP contribution < -0.4 is 16.0 Å². The quantitative estimate of drug-likeness (QED) is 0.0406. The van der Waals surface area contributed by atoms with E-state index in [2.05, 4.69) is 16.0 Å². The van der Waals surface area contributed by atoms with Crippen molar-refractivity contribution in [3.05, 3.63) is 0 Å². The van der Waals surface area contributed by atoms with Gasteiger partial charge in [-0.3, -0.25) is 33.6 Å². The molecule has 0 aromatic heterocycles. The highest BCUT2D eigenvalue weighted by molar-refractivity contribution is 5.85. The van der Waals surface area contributed by atoms with E-state index in [-0.39, 0.29) is 132 Å². The van der Waals surface area contributed by atoms with Crippen molar-refractivity contribution in [3.8, 4) is 0 Å². The molecule has 382 valence electrons. The van der Waals surface area contributed by atoms with Gasteiger partial charge < -0.3 is 45.1 Å². The second-order valence-corrected chi connectivity index (χ2v) is 17.6. The SMILES string of the molecule is CC[C@@H](CCCCNC(=O)COCCOCCNC(=O)COCCOCCCC(=O)CCC(NC(=O)CCCCCCCCCCCCCCC(=O)C[C@@H](C(=O)O)C(C)C)C(=O)O)C(C)=O. The molecule has 0 heterocycles. The standard InChI is InChI=1S/C49H87N3O14/c1-5-40(39(4)53)21-18-19-27-50-46(57)36-66-34-32-64-30-28-51-47(58)37-65-33-31-63-29-20-23-41(54)25-26-44(49(61)62)52-45(56)24-17-15-13-11-9-7-6-8-10-12-14-16-22-42(55)35-43(38(2)3)48(59)60/h38,40,43-44H,5-37H2,1-4H3,(H,50,57)(H,51,58)(H,52,56)(H,59,60)(H,61,62)/t40-,43+,44?/m0/s1. The highest BCUT2D eigenvalue weighted by atomic mass is 16.5. The molecule has 66 heavy (non-hydrogen) atoms. The van der Waals surface area contributed by atoms with Crippen LogP contribution in [-0.4, -0.2) is 129 Å². The van der Waals surface area contributed by atoms with Crippen LogP contribution in [0.25, 0.3) is 0 Å². The molecule has 17 heteroatoms. The summed E-state index contributed by atoms with van der Waals surface area (Å²) in [5.74, 6) is -3.30. The van der Waals surface area contributed by atoms with Gasteiger partial charge in [-0.2, -0.15) is 0 Å². The summed E-state index contributed by atoms with van der Waals surface area (Å²) in [6, 6.07) is -1.12. The van der Waals surface area contributed by atoms with Crippen molar-refractivity contribution < 1.29 is 67.5 Å². The zero-order chi connectivity index (χ0) is 49.2. The predicted octanol–water partition coefficient (Wildman–Crippen LogP) is 6.55. The molecule has 0 aromatic carbocycles. The van der Waals surface area contributed by atoms with E-state index in [1.807, 2.05) is 20.8 Å². The summed E-state index contributed by atoms with van der Waals surface area (Å²) in [5.41, 5.74) is 0. The second-order valence-electron chi connectivity index (χ2n) is 17.6. The van der Waals surface area contributed by atoms with Gasteiger partial charge in [-0.15, -0.1) is 0 Å². The lowest BCUT2D eigenvalue weighted by Crippen LogP contribution is -2.41. The van der Waals surface area contributed by atoms with Gasteiger partial charge in [-0.05, 0) is 57.8 Å². The number of rotatable bonds is 48. The summed E-state index contributed by atoms with van der Waals surface area (Å²) in [7, 11) is 0. The zero-order valence-corrected chi connectivity index (χ0v) is 40.9. The molecular weight excluding hydrogens is 855 g/mol. The Kier molecular flexibility index (Phi) is 40.1. The number of Topliss-reactive ketones (excluding diaryl/α,β-unsaturated/α-hetero) is 3. The lowest BCUT2D eigenvalue weighted by molar-refractivity contribution is -0.145. The minimum atomic E-state index is -1.17. The van der Waals surface area contributed by atoms with Crippen LogP contribution in [0.1, 0.15) is 175 Å². The average molecular weight is 942 g/mol. The predicted molar refractivity (Wildman–Crippen MR) is 251 cm³/mol. The number of ether oxygens (including phenoxy) is 4. The first-order valence-electron chi connectivity index (χ1n) is 24.8. The molecule has 1 unspecified atom stereocenters. The second kappa shape index (κ2) is 42.5. The Morgan fingerprint density at radius 1 is 0.485 bits per heavy atom. The van der Waals surface area contributed by atoms with Crippen molar-refractivity contribution >= 4 is 47.0 Å². The maximum Gasteiger partial charge on any atom is 0.326 e. The minimum Gasteiger partial charge on any atom is -0.481 e. The van der Waals surface area contributed by atoms with Gasteiger partial charge in [0.15, 0.2) is 0 Å². The van der Waals surface area contributed by atoms with Gasteiger partial charge in [0.05, 0.1) is 39.0 Å². The molecule has 0 fully saturated rings. The zero-order valence-electron chi connectivity index (χ0n) is 40.9. The number of ketones is 3. The average Bonchev–Trinajstić information content (AvgIpc) is 3.26. The first-order valence-corrected chi connectivity index (χ1v) is 24.8. The van der Waals surface area contributed by atoms with Gasteiger partial charge >= 0.3 is 11.9 Å². The molecule has 0 aromatic rings. The number of carboxylic acids is 2. The fourth-order valence-electron chi connectivity index (χ4n) is 7.23. The van der Waals surface area contributed by atoms with Crippen LogP contribution >= 0.6 is 0 Å². The lowest BCUT2D eigenvalue weighted by Gasteiger charge is -2.14. The first-order chi connectivity index (χ1) is 31.7. The number of carbonyl (C=O) groups is 8. The number of carbonyl (C=O) groups excluding carboxylic acids is 6. The third kappa shape index (κ3) is 38.3. The molecule has 17 nitrogen and oxygen atoms in total. The van der Waals surface area contributed by atoms with E-state index in [9.17, 15) is 48.6 Å². The van der Waals surface area contributed by atoms with E-state index < -0.39 is 23.9 Å². The largest absolute Gasteiger partial charge is 0.481 e. The number of nitrogens with one attached hydrogen (secondary N) is 3. The van der Waals surface area contributed by atoms with E-state index >= 15 is 0 Å². The minimum absolute atomic E-state index is 0.0244. The Labute approximate surface area is 394 Å². The summed E-state index contributed by atoms with van der Waals surface area (Å²) in [5, 5.41) is 26.8. The topological polar surface area (TPSA) is 250 Å².